The van der Waals surface area contributed by atoms with E-state index in [2.05, 4.69) is 10.1 Å². The van der Waals surface area contributed by atoms with Crippen LogP contribution in [0.15, 0.2) is 41.0 Å². The fourth-order valence-electron chi connectivity index (χ4n) is 2.64. The number of urea groups is 1. The zero-order chi connectivity index (χ0) is 19.4. The van der Waals surface area contributed by atoms with Crippen molar-refractivity contribution in [3.8, 4) is 5.75 Å². The lowest BCUT2D eigenvalue weighted by Gasteiger charge is -2.34. The Kier molecular flexibility index (Phi) is 5.53. The van der Waals surface area contributed by atoms with E-state index in [-0.39, 0.29) is 30.4 Å². The van der Waals surface area contributed by atoms with Gasteiger partial charge in [-0.1, -0.05) is 0 Å². The molecule has 3 rings (SSSR count). The maximum atomic E-state index is 13.7. The second-order valence-electron chi connectivity index (χ2n) is 5.71. The van der Waals surface area contributed by atoms with Crippen LogP contribution in [0, 0.1) is 5.82 Å². The van der Waals surface area contributed by atoms with Crippen molar-refractivity contribution in [2.75, 3.05) is 31.5 Å². The summed E-state index contributed by atoms with van der Waals surface area (Å²) in [7, 11) is 0. The van der Waals surface area contributed by atoms with E-state index < -0.39 is 24.2 Å². The van der Waals surface area contributed by atoms with Crippen LogP contribution in [-0.2, 0) is 0 Å². The third-order valence-corrected chi connectivity index (χ3v) is 3.99. The van der Waals surface area contributed by atoms with E-state index in [1.165, 1.54) is 17.2 Å². The number of nitrogens with one attached hydrogen (secondary N) is 1. The number of rotatable bonds is 4. The number of anilines is 1. The van der Waals surface area contributed by atoms with E-state index in [1.807, 2.05) is 0 Å². The molecule has 0 radical (unpaired) electrons. The van der Waals surface area contributed by atoms with Crippen LogP contribution >= 0.6 is 0 Å². The average molecular weight is 383 g/mol. The van der Waals surface area contributed by atoms with Gasteiger partial charge in [0, 0.05) is 37.9 Å². The van der Waals surface area contributed by atoms with E-state index >= 15 is 0 Å². The standard InChI is InChI=1S/C17H16F3N3O4/c18-12-10-11(3-4-13(12)27-16(19)20)21-17(25)23-7-5-22(6-8-23)15(24)14-2-1-9-26-14/h1-4,9-10,16H,5-8H2,(H,21,25). The van der Waals surface area contributed by atoms with Gasteiger partial charge in [-0.2, -0.15) is 8.78 Å². The molecule has 7 nitrogen and oxygen atoms in total. The van der Waals surface area contributed by atoms with Crippen molar-refractivity contribution in [3.63, 3.8) is 0 Å². The fraction of sp³-hybridized carbons (Fsp3) is 0.294. The number of ether oxygens (including phenoxy) is 1. The first kappa shape index (κ1) is 18.6. The van der Waals surface area contributed by atoms with Crippen LogP contribution in [0.4, 0.5) is 23.7 Å². The van der Waals surface area contributed by atoms with E-state index in [0.717, 1.165) is 12.1 Å². The highest BCUT2D eigenvalue weighted by Crippen LogP contribution is 2.23. The molecule has 0 spiro atoms. The Labute approximate surface area is 152 Å². The smallest absolute Gasteiger partial charge is 0.387 e. The molecule has 1 aromatic carbocycles. The number of nitrogens with zero attached hydrogens (tertiary/aromatic N) is 2. The van der Waals surface area contributed by atoms with Gasteiger partial charge in [-0.3, -0.25) is 4.79 Å². The molecule has 2 heterocycles. The number of alkyl halides is 2. The highest BCUT2D eigenvalue weighted by atomic mass is 19.3. The molecule has 1 saturated heterocycles. The summed E-state index contributed by atoms with van der Waals surface area (Å²) in [6.45, 7) is -1.92. The monoisotopic (exact) mass is 383 g/mol. The molecule has 2 aromatic rings. The predicted octanol–water partition coefficient (Wildman–Crippen LogP) is 3.01. The molecule has 1 aromatic heterocycles. The summed E-state index contributed by atoms with van der Waals surface area (Å²) in [4.78, 5) is 27.5. The molecule has 144 valence electrons. The Morgan fingerprint density at radius 2 is 1.81 bits per heavy atom. The summed E-state index contributed by atoms with van der Waals surface area (Å²) in [5, 5.41) is 2.49. The van der Waals surface area contributed by atoms with Gasteiger partial charge in [-0.25, -0.2) is 9.18 Å². The number of carbonyl (C=O) groups is 2. The van der Waals surface area contributed by atoms with Gasteiger partial charge in [-0.15, -0.1) is 0 Å². The third-order valence-electron chi connectivity index (χ3n) is 3.99. The minimum atomic E-state index is -3.14. The van der Waals surface area contributed by atoms with Crippen LogP contribution in [0.5, 0.6) is 5.75 Å². The van der Waals surface area contributed by atoms with Gasteiger partial charge in [0.2, 0.25) is 0 Å². The minimum absolute atomic E-state index is 0.105. The van der Waals surface area contributed by atoms with Gasteiger partial charge >= 0.3 is 12.6 Å². The molecule has 0 bridgehead atoms. The first-order valence-electron chi connectivity index (χ1n) is 8.07. The summed E-state index contributed by atoms with van der Waals surface area (Å²) in [5.74, 6) is -1.64. The Balaban J connectivity index is 1.54. The van der Waals surface area contributed by atoms with Crippen molar-refractivity contribution >= 4 is 17.6 Å². The minimum Gasteiger partial charge on any atom is -0.459 e. The van der Waals surface area contributed by atoms with Gasteiger partial charge < -0.3 is 24.3 Å². The van der Waals surface area contributed by atoms with E-state index in [1.54, 1.807) is 17.0 Å². The molecule has 1 aliphatic heterocycles. The maximum Gasteiger partial charge on any atom is 0.387 e. The lowest BCUT2D eigenvalue weighted by atomic mass is 10.2. The van der Waals surface area contributed by atoms with Crippen molar-refractivity contribution in [3.05, 3.63) is 48.2 Å². The van der Waals surface area contributed by atoms with Crippen molar-refractivity contribution in [2.24, 2.45) is 0 Å². The molecule has 0 unspecified atom stereocenters. The Morgan fingerprint density at radius 1 is 1.11 bits per heavy atom. The van der Waals surface area contributed by atoms with Gasteiger partial charge in [-0.05, 0) is 24.3 Å². The average Bonchev–Trinajstić information content (AvgIpc) is 3.18. The number of halogens is 3. The second kappa shape index (κ2) is 8.02. The Hall–Kier alpha value is -3.17. The van der Waals surface area contributed by atoms with Crippen molar-refractivity contribution < 1.29 is 31.9 Å². The van der Waals surface area contributed by atoms with Crippen LogP contribution in [0.25, 0.3) is 0 Å². The number of carbonyl (C=O) groups excluding carboxylic acids is 2. The largest absolute Gasteiger partial charge is 0.459 e. The zero-order valence-corrected chi connectivity index (χ0v) is 14.0. The number of benzene rings is 1. The molecule has 3 amide bonds. The highest BCUT2D eigenvalue weighted by molar-refractivity contribution is 5.92. The van der Waals surface area contributed by atoms with Crippen LogP contribution in [-0.4, -0.2) is 54.5 Å². The van der Waals surface area contributed by atoms with Crippen LogP contribution in [0.3, 0.4) is 0 Å². The topological polar surface area (TPSA) is 75.0 Å². The van der Waals surface area contributed by atoms with E-state index in [0.29, 0.717) is 13.1 Å². The second-order valence-corrected chi connectivity index (χ2v) is 5.71. The van der Waals surface area contributed by atoms with Crippen molar-refractivity contribution in [1.29, 1.82) is 0 Å². The summed E-state index contributed by atoms with van der Waals surface area (Å²) < 4.78 is 47.0. The highest BCUT2D eigenvalue weighted by Gasteiger charge is 2.26. The number of furan rings is 1. The summed E-state index contributed by atoms with van der Waals surface area (Å²) in [6.07, 6.45) is 1.41. The Bertz CT molecular complexity index is 806. The molecule has 27 heavy (non-hydrogen) atoms. The normalized spacial score (nSPS) is 14.4. The summed E-state index contributed by atoms with van der Waals surface area (Å²) in [5.41, 5.74) is 0.105. The molecule has 0 saturated carbocycles. The summed E-state index contributed by atoms with van der Waals surface area (Å²) >= 11 is 0. The van der Waals surface area contributed by atoms with Gasteiger partial charge in [0.05, 0.1) is 6.26 Å². The van der Waals surface area contributed by atoms with Crippen LogP contribution < -0.4 is 10.1 Å². The zero-order valence-electron chi connectivity index (χ0n) is 14.0. The van der Waals surface area contributed by atoms with E-state index in [9.17, 15) is 22.8 Å². The molecule has 1 N–H and O–H groups in total. The summed E-state index contributed by atoms with van der Waals surface area (Å²) in [6, 6.07) is 5.87. The lowest BCUT2D eigenvalue weighted by molar-refractivity contribution is -0.0521. The number of piperazine rings is 1. The maximum absolute atomic E-state index is 13.7. The molecule has 1 fully saturated rings. The molecular formula is C17H16F3N3O4. The molecular weight excluding hydrogens is 367 g/mol. The molecule has 0 atom stereocenters. The molecule has 1 aliphatic rings. The van der Waals surface area contributed by atoms with Gasteiger partial charge in [0.1, 0.15) is 0 Å². The van der Waals surface area contributed by atoms with Crippen LogP contribution in [0.2, 0.25) is 0 Å². The van der Waals surface area contributed by atoms with E-state index in [4.69, 9.17) is 4.42 Å². The van der Waals surface area contributed by atoms with Gasteiger partial charge in [0.25, 0.3) is 5.91 Å². The SMILES string of the molecule is O=C(Nc1ccc(OC(F)F)c(F)c1)N1CCN(C(=O)c2ccco2)CC1. The molecule has 10 heteroatoms. The predicted molar refractivity (Wildman–Crippen MR) is 88.2 cm³/mol. The van der Waals surface area contributed by atoms with Gasteiger partial charge in [0.15, 0.2) is 17.3 Å². The number of hydrogen-bond acceptors (Lipinski definition) is 4. The third kappa shape index (κ3) is 4.52. The Morgan fingerprint density at radius 3 is 2.41 bits per heavy atom. The quantitative estimate of drug-likeness (QED) is 0.881. The molecule has 0 aliphatic carbocycles. The van der Waals surface area contributed by atoms with Crippen LogP contribution in [0.1, 0.15) is 10.6 Å². The number of hydrogen-bond donors (Lipinski definition) is 1. The number of amides is 3. The van der Waals surface area contributed by atoms with Crippen molar-refractivity contribution in [2.45, 2.75) is 6.61 Å². The fourth-order valence-corrected chi connectivity index (χ4v) is 2.64. The van der Waals surface area contributed by atoms with Crippen molar-refractivity contribution in [1.82, 2.24) is 9.80 Å². The first-order valence-corrected chi connectivity index (χ1v) is 8.07. The lowest BCUT2D eigenvalue weighted by Crippen LogP contribution is -2.51. The first-order chi connectivity index (χ1) is 12.9.